The largest absolute Gasteiger partial charge is 0.494 e. The standard InChI is InChI=1S/C13H22N2O3.C9H14N4O3/c1-18-9-11-12(16)14-13(17)15(11)8-7-10-5-3-2-4-6-10;1-2-3-4-13-8(15)5(6(10)11)7(14)12-9(13)16/h10-11H,2-9H2,1H3,(H,14,16,17);15H,2-4H2,1H3,(H3,10,11)(H,12,14,16). The second kappa shape index (κ2) is 12.9. The lowest BCUT2D eigenvalue weighted by atomic mass is 9.87. The van der Waals surface area contributed by atoms with Gasteiger partial charge < -0.3 is 20.5 Å². The van der Waals surface area contributed by atoms with Crippen LogP contribution >= 0.6 is 0 Å². The van der Waals surface area contributed by atoms with Crippen LogP contribution in [0.1, 0.15) is 63.9 Å². The summed E-state index contributed by atoms with van der Waals surface area (Å²) < 4.78 is 6.01. The number of aromatic amines is 1. The van der Waals surface area contributed by atoms with E-state index in [2.05, 4.69) is 5.32 Å². The first-order valence-corrected chi connectivity index (χ1v) is 11.7. The summed E-state index contributed by atoms with van der Waals surface area (Å²) in [6, 6.07) is -0.705. The van der Waals surface area contributed by atoms with Gasteiger partial charge in [0, 0.05) is 20.2 Å². The maximum Gasteiger partial charge on any atom is 0.331 e. The van der Waals surface area contributed by atoms with Crippen LogP contribution in [0.3, 0.4) is 0 Å². The van der Waals surface area contributed by atoms with E-state index in [-0.39, 0.29) is 30.7 Å². The van der Waals surface area contributed by atoms with Crippen molar-refractivity contribution in [3.8, 4) is 5.88 Å². The summed E-state index contributed by atoms with van der Waals surface area (Å²) in [4.78, 5) is 49.6. The highest BCUT2D eigenvalue weighted by molar-refractivity contribution is 6.04. The van der Waals surface area contributed by atoms with Crippen LogP contribution in [0.2, 0.25) is 0 Å². The van der Waals surface area contributed by atoms with Crippen molar-refractivity contribution in [3.63, 3.8) is 0 Å². The van der Waals surface area contributed by atoms with Crippen LogP contribution in [0.25, 0.3) is 0 Å². The third-order valence-electron chi connectivity index (χ3n) is 6.17. The van der Waals surface area contributed by atoms with Crippen LogP contribution in [0, 0.1) is 11.3 Å². The molecule has 2 fully saturated rings. The molecule has 2 aliphatic rings. The van der Waals surface area contributed by atoms with Gasteiger partial charge >= 0.3 is 11.7 Å². The number of aromatic nitrogens is 2. The van der Waals surface area contributed by atoms with E-state index in [4.69, 9.17) is 15.9 Å². The SMILES string of the molecule is CCCCn1c(O)c(C(=N)N)c(=O)[nH]c1=O.COCC1C(=O)NC(=O)N1CCC1CCCCC1. The van der Waals surface area contributed by atoms with Gasteiger partial charge in [0.25, 0.3) is 11.5 Å². The van der Waals surface area contributed by atoms with Gasteiger partial charge in [-0.05, 0) is 18.8 Å². The maximum atomic E-state index is 11.7. The Morgan fingerprint density at radius 3 is 2.44 bits per heavy atom. The minimum atomic E-state index is -0.845. The molecule has 1 saturated carbocycles. The summed E-state index contributed by atoms with van der Waals surface area (Å²) in [5, 5.41) is 19.2. The van der Waals surface area contributed by atoms with Crippen molar-refractivity contribution in [1.82, 2.24) is 19.8 Å². The minimum Gasteiger partial charge on any atom is -0.494 e. The van der Waals surface area contributed by atoms with Gasteiger partial charge in [-0.2, -0.15) is 0 Å². The molecule has 3 rings (SSSR count). The second-order valence-corrected chi connectivity index (χ2v) is 8.63. The normalized spacial score (nSPS) is 18.4. The number of carbonyl (C=O) groups is 2. The molecule has 3 amide bonds. The van der Waals surface area contributed by atoms with Crippen LogP contribution < -0.4 is 22.3 Å². The zero-order chi connectivity index (χ0) is 25.3. The number of carbonyl (C=O) groups excluding carboxylic acids is 2. The molecule has 1 unspecified atom stereocenters. The van der Waals surface area contributed by atoms with Gasteiger partial charge in [-0.15, -0.1) is 0 Å². The Kier molecular flexibility index (Phi) is 10.3. The fourth-order valence-corrected chi connectivity index (χ4v) is 4.25. The molecule has 0 radical (unpaired) electrons. The van der Waals surface area contributed by atoms with Crippen molar-refractivity contribution >= 4 is 17.8 Å². The predicted octanol–water partition coefficient (Wildman–Crippen LogP) is 0.850. The van der Waals surface area contributed by atoms with E-state index in [1.54, 1.807) is 12.0 Å². The number of nitrogen functional groups attached to an aromatic ring is 1. The molecule has 0 aromatic carbocycles. The smallest absolute Gasteiger partial charge is 0.331 e. The topological polar surface area (TPSA) is 184 Å². The summed E-state index contributed by atoms with van der Waals surface area (Å²) in [5.41, 5.74) is 3.25. The highest BCUT2D eigenvalue weighted by atomic mass is 16.5. The zero-order valence-electron chi connectivity index (χ0n) is 19.9. The molecule has 0 bridgehead atoms. The monoisotopic (exact) mass is 480 g/mol. The summed E-state index contributed by atoms with van der Waals surface area (Å²) in [5.74, 6) is -0.630. The first-order chi connectivity index (χ1) is 16.2. The van der Waals surface area contributed by atoms with Crippen LogP contribution in [-0.2, 0) is 16.1 Å². The molecule has 0 spiro atoms. The summed E-state index contributed by atoms with van der Waals surface area (Å²) in [6.45, 7) is 3.15. The number of urea groups is 1. The lowest BCUT2D eigenvalue weighted by molar-refractivity contribution is -0.122. The first kappa shape index (κ1) is 27.1. The Balaban J connectivity index is 0.000000242. The molecule has 12 nitrogen and oxygen atoms in total. The van der Waals surface area contributed by atoms with Gasteiger partial charge in [-0.1, -0.05) is 45.4 Å². The molecule has 1 atom stereocenters. The molecule has 1 aromatic heterocycles. The van der Waals surface area contributed by atoms with Gasteiger partial charge in [0.1, 0.15) is 17.4 Å². The van der Waals surface area contributed by atoms with Gasteiger partial charge in [0.05, 0.1) is 6.61 Å². The van der Waals surface area contributed by atoms with E-state index < -0.39 is 29.0 Å². The van der Waals surface area contributed by atoms with Crippen molar-refractivity contribution in [3.05, 3.63) is 26.4 Å². The number of aromatic hydroxyl groups is 1. The van der Waals surface area contributed by atoms with Crippen LogP contribution in [0.5, 0.6) is 5.88 Å². The van der Waals surface area contributed by atoms with Gasteiger partial charge in [0.15, 0.2) is 0 Å². The number of methoxy groups -OCH3 is 1. The number of amides is 3. The van der Waals surface area contributed by atoms with E-state index in [9.17, 15) is 24.3 Å². The molecular weight excluding hydrogens is 444 g/mol. The van der Waals surface area contributed by atoms with Crippen LogP contribution in [-0.4, -0.2) is 63.6 Å². The number of nitrogens with zero attached hydrogens (tertiary/aromatic N) is 2. The van der Waals surface area contributed by atoms with Gasteiger partial charge in [0.2, 0.25) is 5.88 Å². The van der Waals surface area contributed by atoms with E-state index in [0.29, 0.717) is 18.9 Å². The molecule has 1 saturated heterocycles. The number of amidine groups is 1. The summed E-state index contributed by atoms with van der Waals surface area (Å²) in [7, 11) is 1.55. The van der Waals surface area contributed by atoms with E-state index in [0.717, 1.165) is 17.4 Å². The second-order valence-electron chi connectivity index (χ2n) is 8.63. The van der Waals surface area contributed by atoms with Crippen LogP contribution in [0.15, 0.2) is 9.59 Å². The average Bonchev–Trinajstić information content (AvgIpc) is 3.05. The molecule has 1 aliphatic heterocycles. The Labute approximate surface area is 198 Å². The van der Waals surface area contributed by atoms with Crippen molar-refractivity contribution in [1.29, 1.82) is 5.41 Å². The number of nitrogens with two attached hydrogens (primary N) is 1. The third kappa shape index (κ3) is 6.92. The number of H-pyrrole nitrogens is 1. The highest BCUT2D eigenvalue weighted by Crippen LogP contribution is 2.27. The van der Waals surface area contributed by atoms with Crippen molar-refractivity contribution in [2.75, 3.05) is 20.3 Å². The molecule has 1 aliphatic carbocycles. The molecule has 34 heavy (non-hydrogen) atoms. The fraction of sp³-hybridized carbons (Fsp3) is 0.682. The minimum absolute atomic E-state index is 0.231. The lowest BCUT2D eigenvalue weighted by Gasteiger charge is -2.26. The summed E-state index contributed by atoms with van der Waals surface area (Å²) in [6.07, 6.45) is 8.98. The van der Waals surface area contributed by atoms with Gasteiger partial charge in [-0.25, -0.2) is 9.59 Å². The predicted molar refractivity (Wildman–Crippen MR) is 126 cm³/mol. The first-order valence-electron chi connectivity index (χ1n) is 11.7. The Bertz CT molecular complexity index is 981. The quantitative estimate of drug-likeness (QED) is 0.197. The fourth-order valence-electron chi connectivity index (χ4n) is 4.25. The van der Waals surface area contributed by atoms with Gasteiger partial charge in [-0.3, -0.25) is 29.9 Å². The average molecular weight is 481 g/mol. The maximum absolute atomic E-state index is 11.7. The number of imide groups is 1. The Hall–Kier alpha value is -3.15. The lowest BCUT2D eigenvalue weighted by Crippen LogP contribution is -2.39. The summed E-state index contributed by atoms with van der Waals surface area (Å²) >= 11 is 0. The number of hydrogen-bond donors (Lipinski definition) is 5. The highest BCUT2D eigenvalue weighted by Gasteiger charge is 2.38. The molecule has 6 N–H and O–H groups in total. The number of hydrogen-bond acceptors (Lipinski definition) is 7. The van der Waals surface area contributed by atoms with Crippen molar-refractivity contribution in [2.45, 2.75) is 70.9 Å². The molecule has 1 aromatic rings. The van der Waals surface area contributed by atoms with E-state index >= 15 is 0 Å². The number of ether oxygens (including phenoxy) is 1. The number of rotatable bonds is 9. The number of nitrogens with one attached hydrogen (secondary N) is 3. The Morgan fingerprint density at radius 1 is 1.18 bits per heavy atom. The molecular formula is C22H36N6O6. The van der Waals surface area contributed by atoms with Crippen LogP contribution in [0.4, 0.5) is 4.79 Å². The molecule has 2 heterocycles. The molecule has 12 heteroatoms. The zero-order valence-corrected chi connectivity index (χ0v) is 19.9. The Morgan fingerprint density at radius 2 is 1.85 bits per heavy atom. The third-order valence-corrected chi connectivity index (χ3v) is 6.17. The molecule has 190 valence electrons. The van der Waals surface area contributed by atoms with Crippen molar-refractivity contribution < 1.29 is 19.4 Å². The van der Waals surface area contributed by atoms with Crippen molar-refractivity contribution in [2.24, 2.45) is 11.7 Å². The van der Waals surface area contributed by atoms with E-state index in [1.165, 1.54) is 32.1 Å². The number of unbranched alkanes of at least 4 members (excludes halogenated alkanes) is 1. The van der Waals surface area contributed by atoms with E-state index in [1.807, 2.05) is 11.9 Å².